The molecule has 0 aliphatic rings. The summed E-state index contributed by atoms with van der Waals surface area (Å²) in [5.74, 6) is -0.317. The Hall–Kier alpha value is -1.30. The topological polar surface area (TPSA) is 87.7 Å². The first-order valence-electron chi connectivity index (χ1n) is 5.90. The number of carbonyl (C=O) groups excluding carboxylic acids is 2. The van der Waals surface area contributed by atoms with Crippen LogP contribution in [0.2, 0.25) is 0 Å². The first-order chi connectivity index (χ1) is 8.06. The van der Waals surface area contributed by atoms with E-state index in [0.717, 1.165) is 0 Å². The van der Waals surface area contributed by atoms with Crippen molar-refractivity contribution >= 4 is 12.0 Å². The molecule has 0 radical (unpaired) electrons. The predicted molar refractivity (Wildman–Crippen MR) is 68.1 cm³/mol. The molecule has 0 saturated carbocycles. The van der Waals surface area contributed by atoms with E-state index in [1.165, 1.54) is 0 Å². The van der Waals surface area contributed by atoms with Crippen LogP contribution in [0.1, 0.15) is 34.6 Å². The molecule has 0 aromatic carbocycles. The van der Waals surface area contributed by atoms with Gasteiger partial charge >= 0.3 is 6.09 Å². The lowest BCUT2D eigenvalue weighted by atomic mass is 9.95. The smallest absolute Gasteiger partial charge is 0.408 e. The van der Waals surface area contributed by atoms with Crippen molar-refractivity contribution in [3.63, 3.8) is 0 Å². The summed E-state index contributed by atoms with van der Waals surface area (Å²) in [5, 5.41) is 14.0. The Morgan fingerprint density at radius 3 is 2.11 bits per heavy atom. The molecule has 6 heteroatoms. The third-order valence-electron chi connectivity index (χ3n) is 1.98. The number of nitrogens with one attached hydrogen (secondary N) is 2. The van der Waals surface area contributed by atoms with Crippen molar-refractivity contribution in [1.29, 1.82) is 0 Å². The van der Waals surface area contributed by atoms with Crippen LogP contribution in [0.4, 0.5) is 4.79 Å². The molecular weight excluding hydrogens is 236 g/mol. The first kappa shape index (κ1) is 16.7. The van der Waals surface area contributed by atoms with Gasteiger partial charge in [-0.2, -0.15) is 0 Å². The van der Waals surface area contributed by atoms with Gasteiger partial charge in [-0.05, 0) is 20.8 Å². The Morgan fingerprint density at radius 1 is 1.11 bits per heavy atom. The number of aliphatic hydroxyl groups is 1. The quantitative estimate of drug-likeness (QED) is 0.677. The van der Waals surface area contributed by atoms with E-state index in [9.17, 15) is 9.59 Å². The SMILES string of the molecule is CC(C)(CO)CNC(=O)CNC(=O)OC(C)(C)C. The third-order valence-corrected chi connectivity index (χ3v) is 1.98. The van der Waals surface area contributed by atoms with Crippen LogP contribution in [0.5, 0.6) is 0 Å². The van der Waals surface area contributed by atoms with E-state index in [-0.39, 0.29) is 24.5 Å². The maximum atomic E-state index is 11.4. The minimum absolute atomic E-state index is 0.0211. The highest BCUT2D eigenvalue weighted by Crippen LogP contribution is 2.10. The molecule has 0 bridgehead atoms. The summed E-state index contributed by atoms with van der Waals surface area (Å²) >= 11 is 0. The van der Waals surface area contributed by atoms with Gasteiger partial charge in [0.25, 0.3) is 0 Å². The zero-order valence-electron chi connectivity index (χ0n) is 11.8. The van der Waals surface area contributed by atoms with E-state index in [2.05, 4.69) is 10.6 Å². The van der Waals surface area contributed by atoms with Crippen molar-refractivity contribution in [3.8, 4) is 0 Å². The molecule has 18 heavy (non-hydrogen) atoms. The van der Waals surface area contributed by atoms with Gasteiger partial charge in [0, 0.05) is 18.6 Å². The lowest BCUT2D eigenvalue weighted by Gasteiger charge is -2.22. The number of aliphatic hydroxyl groups excluding tert-OH is 1. The fraction of sp³-hybridized carbons (Fsp3) is 0.833. The average molecular weight is 260 g/mol. The lowest BCUT2D eigenvalue weighted by molar-refractivity contribution is -0.120. The Morgan fingerprint density at radius 2 is 1.67 bits per heavy atom. The zero-order chi connectivity index (χ0) is 14.4. The number of rotatable bonds is 5. The highest BCUT2D eigenvalue weighted by molar-refractivity contribution is 5.82. The fourth-order valence-corrected chi connectivity index (χ4v) is 0.923. The minimum Gasteiger partial charge on any atom is -0.444 e. The van der Waals surface area contributed by atoms with Gasteiger partial charge in [-0.15, -0.1) is 0 Å². The maximum Gasteiger partial charge on any atom is 0.408 e. The molecule has 0 heterocycles. The molecule has 0 spiro atoms. The molecule has 0 atom stereocenters. The summed E-state index contributed by atoms with van der Waals surface area (Å²) in [4.78, 5) is 22.7. The minimum atomic E-state index is -0.626. The van der Waals surface area contributed by atoms with Crippen LogP contribution < -0.4 is 10.6 Å². The molecule has 0 saturated heterocycles. The second-order valence-corrected chi connectivity index (χ2v) is 5.95. The Labute approximate surface area is 108 Å². The summed E-state index contributed by atoms with van der Waals surface area (Å²) < 4.78 is 4.98. The van der Waals surface area contributed by atoms with Gasteiger partial charge in [0.15, 0.2) is 0 Å². The van der Waals surface area contributed by atoms with E-state index in [1.54, 1.807) is 20.8 Å². The number of carbonyl (C=O) groups is 2. The molecular formula is C12H24N2O4. The molecule has 106 valence electrons. The maximum absolute atomic E-state index is 11.4. The number of hydrogen-bond acceptors (Lipinski definition) is 4. The van der Waals surface area contributed by atoms with Gasteiger partial charge in [-0.25, -0.2) is 4.79 Å². The van der Waals surface area contributed by atoms with Crippen molar-refractivity contribution < 1.29 is 19.4 Å². The van der Waals surface area contributed by atoms with Gasteiger partial charge < -0.3 is 20.5 Å². The first-order valence-corrected chi connectivity index (χ1v) is 5.90. The second kappa shape index (κ2) is 6.58. The number of ether oxygens (including phenoxy) is 1. The molecule has 6 nitrogen and oxygen atoms in total. The number of amides is 2. The van der Waals surface area contributed by atoms with Crippen molar-refractivity contribution in [2.24, 2.45) is 5.41 Å². The monoisotopic (exact) mass is 260 g/mol. The van der Waals surface area contributed by atoms with Crippen molar-refractivity contribution in [2.45, 2.75) is 40.2 Å². The van der Waals surface area contributed by atoms with Gasteiger partial charge in [-0.1, -0.05) is 13.8 Å². The number of alkyl carbamates (subject to hydrolysis) is 1. The summed E-state index contributed by atoms with van der Waals surface area (Å²) in [6.07, 6.45) is -0.626. The van der Waals surface area contributed by atoms with Crippen molar-refractivity contribution in [2.75, 3.05) is 19.7 Å². The molecule has 2 amide bonds. The largest absolute Gasteiger partial charge is 0.444 e. The molecule has 0 aliphatic carbocycles. The Kier molecular flexibility index (Phi) is 6.11. The van der Waals surface area contributed by atoms with Crippen molar-refractivity contribution in [3.05, 3.63) is 0 Å². The van der Waals surface area contributed by atoms with Crippen LogP contribution in [-0.4, -0.2) is 42.4 Å². The highest BCUT2D eigenvalue weighted by Gasteiger charge is 2.19. The zero-order valence-corrected chi connectivity index (χ0v) is 11.8. The van der Waals surface area contributed by atoms with Crippen molar-refractivity contribution in [1.82, 2.24) is 10.6 Å². The van der Waals surface area contributed by atoms with Crippen LogP contribution in [0.25, 0.3) is 0 Å². The third kappa shape index (κ3) is 8.81. The average Bonchev–Trinajstić information content (AvgIpc) is 2.21. The van der Waals surface area contributed by atoms with Crippen LogP contribution in [0.3, 0.4) is 0 Å². The molecule has 3 N–H and O–H groups in total. The summed E-state index contributed by atoms with van der Waals surface area (Å²) in [5.41, 5.74) is -0.957. The molecule has 0 aliphatic heterocycles. The van der Waals surface area contributed by atoms with E-state index in [1.807, 2.05) is 13.8 Å². The highest BCUT2D eigenvalue weighted by atomic mass is 16.6. The normalized spacial score (nSPS) is 11.9. The van der Waals surface area contributed by atoms with Gasteiger partial charge in [0.1, 0.15) is 5.60 Å². The summed E-state index contributed by atoms with van der Waals surface area (Å²) in [7, 11) is 0. The fourth-order valence-electron chi connectivity index (χ4n) is 0.923. The standard InChI is InChI=1S/C12H24N2O4/c1-11(2,3)18-10(17)13-6-9(16)14-7-12(4,5)8-15/h15H,6-8H2,1-5H3,(H,13,17)(H,14,16). The van der Waals surface area contributed by atoms with E-state index in [0.29, 0.717) is 6.54 Å². The lowest BCUT2D eigenvalue weighted by Crippen LogP contribution is -2.43. The van der Waals surface area contributed by atoms with Gasteiger partial charge in [-0.3, -0.25) is 4.79 Å². The molecule has 0 rings (SSSR count). The second-order valence-electron chi connectivity index (χ2n) is 5.95. The molecule has 0 fully saturated rings. The van der Waals surface area contributed by atoms with Crippen LogP contribution >= 0.6 is 0 Å². The van der Waals surface area contributed by atoms with Gasteiger partial charge in [0.2, 0.25) is 5.91 Å². The van der Waals surface area contributed by atoms with E-state index in [4.69, 9.17) is 9.84 Å². The predicted octanol–water partition coefficient (Wildman–Crippen LogP) is 0.646. The van der Waals surface area contributed by atoms with E-state index < -0.39 is 11.7 Å². The van der Waals surface area contributed by atoms with Crippen LogP contribution in [0.15, 0.2) is 0 Å². The van der Waals surface area contributed by atoms with Crippen LogP contribution in [0, 0.1) is 5.41 Å². The van der Waals surface area contributed by atoms with Gasteiger partial charge in [0.05, 0.1) is 6.54 Å². The Balaban J connectivity index is 3.88. The Bertz CT molecular complexity index is 295. The summed E-state index contributed by atoms with van der Waals surface area (Å²) in [6.45, 7) is 9.08. The molecule has 0 unspecified atom stereocenters. The number of hydrogen-bond donors (Lipinski definition) is 3. The van der Waals surface area contributed by atoms with Crippen LogP contribution in [-0.2, 0) is 9.53 Å². The molecule has 0 aromatic rings. The molecule has 0 aromatic heterocycles. The van der Waals surface area contributed by atoms with E-state index >= 15 is 0 Å². The summed E-state index contributed by atoms with van der Waals surface area (Å²) in [6, 6.07) is 0.